The summed E-state index contributed by atoms with van der Waals surface area (Å²) >= 11 is 0. The first-order chi connectivity index (χ1) is 11.6. The molecule has 1 atom stereocenters. The van der Waals surface area contributed by atoms with E-state index in [0.29, 0.717) is 12.7 Å². The van der Waals surface area contributed by atoms with Crippen LogP contribution in [0.2, 0.25) is 0 Å². The molecule has 1 amide bonds. The number of amides is 1. The van der Waals surface area contributed by atoms with Gasteiger partial charge in [-0.2, -0.15) is 0 Å². The van der Waals surface area contributed by atoms with E-state index in [0.717, 1.165) is 30.6 Å². The Morgan fingerprint density at radius 2 is 2.25 bits per heavy atom. The second kappa shape index (κ2) is 7.49. The van der Waals surface area contributed by atoms with E-state index in [1.807, 2.05) is 43.5 Å². The number of aryl methyl sites for hydroxylation is 1. The fourth-order valence-electron chi connectivity index (χ4n) is 3.18. The SMILES string of the molecule is CC1=CC=CNC1C1=CCN(CNC(=O)c2cccc(C)c2)CC1. The highest BCUT2D eigenvalue weighted by molar-refractivity contribution is 5.94. The molecule has 24 heavy (non-hydrogen) atoms. The van der Waals surface area contributed by atoms with Crippen LogP contribution in [0.4, 0.5) is 0 Å². The molecule has 0 saturated carbocycles. The first-order valence-corrected chi connectivity index (χ1v) is 8.49. The fraction of sp³-hybridized carbons (Fsp3) is 0.350. The van der Waals surface area contributed by atoms with Crippen LogP contribution in [0.25, 0.3) is 0 Å². The molecule has 2 N–H and O–H groups in total. The maximum atomic E-state index is 12.2. The number of allylic oxidation sites excluding steroid dienone is 2. The number of nitrogens with zero attached hydrogens (tertiary/aromatic N) is 1. The highest BCUT2D eigenvalue weighted by Gasteiger charge is 2.20. The van der Waals surface area contributed by atoms with E-state index in [9.17, 15) is 4.79 Å². The van der Waals surface area contributed by atoms with Crippen LogP contribution in [0, 0.1) is 6.92 Å². The lowest BCUT2D eigenvalue weighted by Crippen LogP contribution is -2.42. The first-order valence-electron chi connectivity index (χ1n) is 8.49. The van der Waals surface area contributed by atoms with Gasteiger partial charge in [-0.25, -0.2) is 0 Å². The lowest BCUT2D eigenvalue weighted by molar-refractivity contribution is 0.0925. The fourth-order valence-corrected chi connectivity index (χ4v) is 3.18. The van der Waals surface area contributed by atoms with Gasteiger partial charge in [0.1, 0.15) is 0 Å². The summed E-state index contributed by atoms with van der Waals surface area (Å²) in [5.41, 5.74) is 4.62. The van der Waals surface area contributed by atoms with Crippen LogP contribution in [0.1, 0.15) is 29.3 Å². The van der Waals surface area contributed by atoms with Crippen molar-refractivity contribution in [2.45, 2.75) is 26.3 Å². The molecular formula is C20H25N3O. The van der Waals surface area contributed by atoms with Crippen LogP contribution in [-0.2, 0) is 0 Å². The topological polar surface area (TPSA) is 44.4 Å². The lowest BCUT2D eigenvalue weighted by atomic mass is 9.93. The van der Waals surface area contributed by atoms with Crippen LogP contribution in [0.3, 0.4) is 0 Å². The minimum absolute atomic E-state index is 0.00802. The van der Waals surface area contributed by atoms with Gasteiger partial charge in [-0.3, -0.25) is 9.69 Å². The molecule has 1 aromatic carbocycles. The van der Waals surface area contributed by atoms with E-state index >= 15 is 0 Å². The van der Waals surface area contributed by atoms with Gasteiger partial charge < -0.3 is 10.6 Å². The van der Waals surface area contributed by atoms with Crippen molar-refractivity contribution in [3.05, 3.63) is 71.0 Å². The normalized spacial score (nSPS) is 20.8. The average molecular weight is 323 g/mol. The van der Waals surface area contributed by atoms with E-state index < -0.39 is 0 Å². The Hall–Kier alpha value is -2.33. The lowest BCUT2D eigenvalue weighted by Gasteiger charge is -2.31. The van der Waals surface area contributed by atoms with Gasteiger partial charge in [0, 0.05) is 18.7 Å². The molecule has 4 heteroatoms. The number of carbonyl (C=O) groups excluding carboxylic acids is 1. The Balaban J connectivity index is 1.51. The van der Waals surface area contributed by atoms with Crippen molar-refractivity contribution in [3.8, 4) is 0 Å². The predicted molar refractivity (Wildman–Crippen MR) is 97.6 cm³/mol. The van der Waals surface area contributed by atoms with E-state index in [-0.39, 0.29) is 5.91 Å². The van der Waals surface area contributed by atoms with E-state index in [1.54, 1.807) is 0 Å². The van der Waals surface area contributed by atoms with Crippen molar-refractivity contribution in [3.63, 3.8) is 0 Å². The van der Waals surface area contributed by atoms with Gasteiger partial charge in [-0.15, -0.1) is 0 Å². The third-order valence-electron chi connectivity index (χ3n) is 4.62. The summed E-state index contributed by atoms with van der Waals surface area (Å²) in [6.45, 7) is 6.59. The van der Waals surface area contributed by atoms with Gasteiger partial charge in [-0.1, -0.05) is 29.8 Å². The van der Waals surface area contributed by atoms with Gasteiger partial charge >= 0.3 is 0 Å². The second-order valence-electron chi connectivity index (χ2n) is 6.51. The zero-order valence-corrected chi connectivity index (χ0v) is 14.4. The highest BCUT2D eigenvalue weighted by atomic mass is 16.1. The van der Waals surface area contributed by atoms with Crippen LogP contribution in [0.15, 0.2) is 59.8 Å². The monoisotopic (exact) mass is 323 g/mol. The van der Waals surface area contributed by atoms with Crippen molar-refractivity contribution in [2.24, 2.45) is 0 Å². The molecule has 2 aliphatic rings. The highest BCUT2D eigenvalue weighted by Crippen LogP contribution is 2.21. The van der Waals surface area contributed by atoms with Gasteiger partial charge in [0.05, 0.1) is 12.7 Å². The standard InChI is InChI=1S/C20H25N3O/c1-15-5-3-7-18(13-15)20(24)22-14-23-11-8-17(9-12-23)19-16(2)6-4-10-21-19/h3-8,10,13,19,21H,9,11-12,14H2,1-2H3,(H,22,24). The first kappa shape index (κ1) is 16.5. The number of carbonyl (C=O) groups is 1. The number of nitrogens with one attached hydrogen (secondary N) is 2. The second-order valence-corrected chi connectivity index (χ2v) is 6.51. The number of rotatable bonds is 4. The quantitative estimate of drug-likeness (QED) is 0.838. The number of hydrogen-bond acceptors (Lipinski definition) is 3. The maximum Gasteiger partial charge on any atom is 0.252 e. The van der Waals surface area contributed by atoms with Gasteiger partial charge in [0.15, 0.2) is 0 Å². The third kappa shape index (κ3) is 3.95. The maximum absolute atomic E-state index is 12.2. The van der Waals surface area contributed by atoms with Crippen molar-refractivity contribution in [1.29, 1.82) is 0 Å². The summed E-state index contributed by atoms with van der Waals surface area (Å²) in [6.07, 6.45) is 9.53. The summed E-state index contributed by atoms with van der Waals surface area (Å²) in [4.78, 5) is 14.5. The number of hydrogen-bond donors (Lipinski definition) is 2. The molecule has 126 valence electrons. The summed E-state index contributed by atoms with van der Waals surface area (Å²) in [6, 6.07) is 8.02. The van der Waals surface area contributed by atoms with Gasteiger partial charge in [0.25, 0.3) is 5.91 Å². The zero-order valence-electron chi connectivity index (χ0n) is 14.4. The minimum Gasteiger partial charge on any atom is -0.381 e. The van der Waals surface area contributed by atoms with Crippen LogP contribution >= 0.6 is 0 Å². The van der Waals surface area contributed by atoms with Crippen molar-refractivity contribution in [1.82, 2.24) is 15.5 Å². The Morgan fingerprint density at radius 3 is 2.96 bits per heavy atom. The number of dihydropyridines is 1. The average Bonchev–Trinajstić information content (AvgIpc) is 2.61. The van der Waals surface area contributed by atoms with Crippen LogP contribution in [-0.4, -0.2) is 36.6 Å². The van der Waals surface area contributed by atoms with Crippen LogP contribution < -0.4 is 10.6 Å². The predicted octanol–water partition coefficient (Wildman–Crippen LogP) is 2.75. The van der Waals surface area contributed by atoms with E-state index in [1.165, 1.54) is 11.1 Å². The summed E-state index contributed by atoms with van der Waals surface area (Å²) in [7, 11) is 0. The molecule has 0 radical (unpaired) electrons. The Kier molecular flexibility index (Phi) is 5.16. The molecule has 0 fully saturated rings. The summed E-state index contributed by atoms with van der Waals surface area (Å²) < 4.78 is 0. The Bertz CT molecular complexity index is 703. The van der Waals surface area contributed by atoms with Gasteiger partial charge in [0.2, 0.25) is 0 Å². The Morgan fingerprint density at radius 1 is 1.38 bits per heavy atom. The smallest absolute Gasteiger partial charge is 0.252 e. The zero-order chi connectivity index (χ0) is 16.9. The summed E-state index contributed by atoms with van der Waals surface area (Å²) in [5.74, 6) is -0.00802. The molecule has 0 saturated heterocycles. The minimum atomic E-state index is -0.00802. The molecule has 2 heterocycles. The van der Waals surface area contributed by atoms with Crippen molar-refractivity contribution < 1.29 is 4.79 Å². The summed E-state index contributed by atoms with van der Waals surface area (Å²) in [5, 5.41) is 6.44. The molecule has 2 aliphatic heterocycles. The molecule has 0 aliphatic carbocycles. The molecular weight excluding hydrogens is 298 g/mol. The molecule has 1 unspecified atom stereocenters. The third-order valence-corrected chi connectivity index (χ3v) is 4.62. The molecule has 1 aromatic rings. The van der Waals surface area contributed by atoms with Crippen LogP contribution in [0.5, 0.6) is 0 Å². The van der Waals surface area contributed by atoms with E-state index in [2.05, 4.69) is 34.6 Å². The Labute approximate surface area is 143 Å². The molecule has 0 bridgehead atoms. The molecule has 3 rings (SSSR count). The molecule has 0 spiro atoms. The molecule has 4 nitrogen and oxygen atoms in total. The van der Waals surface area contributed by atoms with Crippen molar-refractivity contribution in [2.75, 3.05) is 19.8 Å². The molecule has 0 aromatic heterocycles. The van der Waals surface area contributed by atoms with Gasteiger partial charge in [-0.05, 0) is 55.8 Å². The number of benzene rings is 1. The largest absolute Gasteiger partial charge is 0.381 e. The van der Waals surface area contributed by atoms with Crippen molar-refractivity contribution >= 4 is 5.91 Å². The van der Waals surface area contributed by atoms with E-state index in [4.69, 9.17) is 0 Å².